The van der Waals surface area contributed by atoms with E-state index < -0.39 is 0 Å². The summed E-state index contributed by atoms with van der Waals surface area (Å²) in [5, 5.41) is 3.44. The molecule has 0 aliphatic carbocycles. The van der Waals surface area contributed by atoms with Crippen molar-refractivity contribution in [2.24, 2.45) is 0 Å². The van der Waals surface area contributed by atoms with Gasteiger partial charge in [0.05, 0.1) is 7.11 Å². The van der Waals surface area contributed by atoms with Crippen molar-refractivity contribution in [3.05, 3.63) is 58.6 Å². The van der Waals surface area contributed by atoms with Gasteiger partial charge in [-0.1, -0.05) is 34.1 Å². The van der Waals surface area contributed by atoms with E-state index in [9.17, 15) is 0 Å². The molecule has 2 aromatic carbocycles. The first-order valence-corrected chi connectivity index (χ1v) is 7.74. The maximum atomic E-state index is 5.70. The van der Waals surface area contributed by atoms with E-state index in [1.54, 1.807) is 7.11 Å². The topological polar surface area (TPSA) is 30.5 Å². The summed E-state index contributed by atoms with van der Waals surface area (Å²) in [5.74, 6) is 1.76. The van der Waals surface area contributed by atoms with E-state index in [1.165, 1.54) is 5.56 Å². The van der Waals surface area contributed by atoms with Gasteiger partial charge >= 0.3 is 0 Å². The van der Waals surface area contributed by atoms with Crippen LogP contribution in [0.15, 0.2) is 53.0 Å². The van der Waals surface area contributed by atoms with Gasteiger partial charge in [-0.3, -0.25) is 0 Å². The Morgan fingerprint density at radius 1 is 1.10 bits per heavy atom. The molecule has 112 valence electrons. The van der Waals surface area contributed by atoms with Crippen LogP contribution in [0.4, 0.5) is 0 Å². The number of nitrogens with one attached hydrogen (secondary N) is 1. The van der Waals surface area contributed by atoms with E-state index >= 15 is 0 Å². The predicted molar refractivity (Wildman–Crippen MR) is 89.0 cm³/mol. The molecule has 1 atom stereocenters. The molecule has 3 nitrogen and oxygen atoms in total. The molecule has 4 heteroatoms. The molecule has 2 rings (SSSR count). The van der Waals surface area contributed by atoms with Crippen molar-refractivity contribution >= 4 is 15.9 Å². The zero-order valence-corrected chi connectivity index (χ0v) is 13.9. The third-order valence-corrected chi connectivity index (χ3v) is 3.73. The summed E-state index contributed by atoms with van der Waals surface area (Å²) >= 11 is 3.43. The predicted octanol–water partition coefficient (Wildman–Crippen LogP) is 4.19. The third kappa shape index (κ3) is 5.06. The van der Waals surface area contributed by atoms with Crippen molar-refractivity contribution in [2.75, 3.05) is 20.3 Å². The van der Waals surface area contributed by atoms with Crippen molar-refractivity contribution in [1.82, 2.24) is 5.32 Å². The van der Waals surface area contributed by atoms with Gasteiger partial charge in [0.1, 0.15) is 18.1 Å². The second-order valence-electron chi connectivity index (χ2n) is 4.75. The molecule has 0 unspecified atom stereocenters. The number of hydrogen-bond donors (Lipinski definition) is 1. The van der Waals surface area contributed by atoms with Gasteiger partial charge in [0.15, 0.2) is 0 Å². The first-order chi connectivity index (χ1) is 10.2. The second kappa shape index (κ2) is 8.05. The smallest absolute Gasteiger partial charge is 0.120 e. The van der Waals surface area contributed by atoms with Crippen LogP contribution in [-0.4, -0.2) is 20.3 Å². The van der Waals surface area contributed by atoms with E-state index in [2.05, 4.69) is 40.3 Å². The lowest BCUT2D eigenvalue weighted by molar-refractivity contribution is 0.307. The lowest BCUT2D eigenvalue weighted by Gasteiger charge is -2.15. The minimum Gasteiger partial charge on any atom is -0.497 e. The highest BCUT2D eigenvalue weighted by molar-refractivity contribution is 9.10. The Morgan fingerprint density at radius 2 is 1.86 bits per heavy atom. The summed E-state index contributed by atoms with van der Waals surface area (Å²) < 4.78 is 11.9. The van der Waals surface area contributed by atoms with Crippen LogP contribution in [0.3, 0.4) is 0 Å². The fraction of sp³-hybridized carbons (Fsp3) is 0.294. The monoisotopic (exact) mass is 349 g/mol. The standard InChI is InChI=1S/C17H20BrNO2/c1-13(14-6-8-16(20-2)9-7-14)19-10-11-21-17-5-3-4-15(18)12-17/h3-9,12-13,19H,10-11H2,1-2H3/t13-/m0/s1. The number of ether oxygens (including phenoxy) is 2. The lowest BCUT2D eigenvalue weighted by atomic mass is 10.1. The zero-order valence-electron chi connectivity index (χ0n) is 12.3. The van der Waals surface area contributed by atoms with Crippen molar-refractivity contribution in [1.29, 1.82) is 0 Å². The molecule has 0 aliphatic heterocycles. The maximum absolute atomic E-state index is 5.70. The van der Waals surface area contributed by atoms with Gasteiger partial charge in [-0.25, -0.2) is 0 Å². The first-order valence-electron chi connectivity index (χ1n) is 6.95. The van der Waals surface area contributed by atoms with Gasteiger partial charge in [-0.05, 0) is 42.8 Å². The first kappa shape index (κ1) is 15.9. The molecule has 0 radical (unpaired) electrons. The summed E-state index contributed by atoms with van der Waals surface area (Å²) in [6.45, 7) is 3.57. The SMILES string of the molecule is COc1ccc([C@H](C)NCCOc2cccc(Br)c2)cc1. The third-order valence-electron chi connectivity index (χ3n) is 3.23. The molecule has 1 N–H and O–H groups in total. The average molecular weight is 350 g/mol. The minimum absolute atomic E-state index is 0.280. The summed E-state index contributed by atoms with van der Waals surface area (Å²) in [4.78, 5) is 0. The van der Waals surface area contributed by atoms with Crippen LogP contribution in [0.25, 0.3) is 0 Å². The molecule has 0 fully saturated rings. The van der Waals surface area contributed by atoms with Gasteiger partial charge < -0.3 is 14.8 Å². The fourth-order valence-electron chi connectivity index (χ4n) is 2.01. The number of hydrogen-bond acceptors (Lipinski definition) is 3. The minimum atomic E-state index is 0.280. The van der Waals surface area contributed by atoms with Crippen LogP contribution in [0.2, 0.25) is 0 Å². The quantitative estimate of drug-likeness (QED) is 0.760. The largest absolute Gasteiger partial charge is 0.497 e. The van der Waals surface area contributed by atoms with Crippen molar-refractivity contribution in [2.45, 2.75) is 13.0 Å². The van der Waals surface area contributed by atoms with Gasteiger partial charge in [-0.2, -0.15) is 0 Å². The van der Waals surface area contributed by atoms with Gasteiger partial charge in [0, 0.05) is 17.1 Å². The molecular weight excluding hydrogens is 330 g/mol. The van der Waals surface area contributed by atoms with Gasteiger partial charge in [0.2, 0.25) is 0 Å². The summed E-state index contributed by atoms with van der Waals surface area (Å²) in [6.07, 6.45) is 0. The van der Waals surface area contributed by atoms with Crippen LogP contribution in [0, 0.1) is 0 Å². The number of halogens is 1. The molecule has 0 amide bonds. The lowest BCUT2D eigenvalue weighted by Crippen LogP contribution is -2.24. The van der Waals surface area contributed by atoms with E-state index in [4.69, 9.17) is 9.47 Å². The highest BCUT2D eigenvalue weighted by Gasteiger charge is 2.04. The average Bonchev–Trinajstić information content (AvgIpc) is 2.51. The molecule has 2 aromatic rings. The number of rotatable bonds is 7. The Balaban J connectivity index is 1.74. The fourth-order valence-corrected chi connectivity index (χ4v) is 2.39. The van der Waals surface area contributed by atoms with Crippen LogP contribution in [0.5, 0.6) is 11.5 Å². The summed E-state index contributed by atoms with van der Waals surface area (Å²) in [6, 6.07) is 16.3. The zero-order chi connectivity index (χ0) is 15.1. The van der Waals surface area contributed by atoms with Gasteiger partial charge in [0.25, 0.3) is 0 Å². The van der Waals surface area contributed by atoms with Crippen LogP contribution in [0.1, 0.15) is 18.5 Å². The molecule has 0 saturated heterocycles. The summed E-state index contributed by atoms with van der Waals surface area (Å²) in [7, 11) is 1.68. The molecule has 0 heterocycles. The summed E-state index contributed by atoms with van der Waals surface area (Å²) in [5.41, 5.74) is 1.23. The van der Waals surface area contributed by atoms with Crippen molar-refractivity contribution in [3.8, 4) is 11.5 Å². The normalized spacial score (nSPS) is 12.0. The Bertz CT molecular complexity index is 557. The highest BCUT2D eigenvalue weighted by atomic mass is 79.9. The Kier molecular flexibility index (Phi) is 6.08. The number of benzene rings is 2. The van der Waals surface area contributed by atoms with E-state index in [0.717, 1.165) is 22.5 Å². The second-order valence-corrected chi connectivity index (χ2v) is 5.67. The molecule has 0 aliphatic rings. The Hall–Kier alpha value is -1.52. The van der Waals surface area contributed by atoms with Crippen LogP contribution >= 0.6 is 15.9 Å². The van der Waals surface area contributed by atoms with Crippen molar-refractivity contribution < 1.29 is 9.47 Å². The van der Waals surface area contributed by atoms with Crippen molar-refractivity contribution in [3.63, 3.8) is 0 Å². The highest BCUT2D eigenvalue weighted by Crippen LogP contribution is 2.18. The molecule has 21 heavy (non-hydrogen) atoms. The van der Waals surface area contributed by atoms with E-state index in [-0.39, 0.29) is 6.04 Å². The number of methoxy groups -OCH3 is 1. The maximum Gasteiger partial charge on any atom is 0.120 e. The van der Waals surface area contributed by atoms with E-state index in [1.807, 2.05) is 36.4 Å². The molecule has 0 bridgehead atoms. The Labute approximate surface area is 134 Å². The molecule has 0 spiro atoms. The van der Waals surface area contributed by atoms with Crippen LogP contribution < -0.4 is 14.8 Å². The van der Waals surface area contributed by atoms with Gasteiger partial charge in [-0.15, -0.1) is 0 Å². The molecular formula is C17H20BrNO2. The van der Waals surface area contributed by atoms with E-state index in [0.29, 0.717) is 6.61 Å². The molecule has 0 aromatic heterocycles. The van der Waals surface area contributed by atoms with Crippen LogP contribution in [-0.2, 0) is 0 Å². The Morgan fingerprint density at radius 3 is 2.52 bits per heavy atom. The molecule has 0 saturated carbocycles.